The van der Waals surface area contributed by atoms with Crippen LogP contribution in [-0.2, 0) is 27.5 Å². The zero-order valence-electron chi connectivity index (χ0n) is 16.1. The summed E-state index contributed by atoms with van der Waals surface area (Å²) in [5.74, 6) is 0.289. The van der Waals surface area contributed by atoms with Crippen LogP contribution in [0.25, 0.3) is 0 Å². The standard InChI is InChI=1S/C21H23N3O3S2/c1-2-14-3-7-16(8-4-14)22-20(25)11-15-5-9-17(10-6-15)23-21-24-18-12-29(26,27)13-19(18)28-21/h3-10,18-19H,2,11-13H2,1H3,(H,22,25)(H,23,24)/t18-,19+/m1/s1. The molecule has 8 heteroatoms. The van der Waals surface area contributed by atoms with E-state index in [2.05, 4.69) is 22.5 Å². The molecular formula is C21H23N3O3S2. The van der Waals surface area contributed by atoms with Crippen molar-refractivity contribution in [3.05, 3.63) is 59.7 Å². The summed E-state index contributed by atoms with van der Waals surface area (Å²) in [6, 6.07) is 15.4. The number of carbonyl (C=O) groups is 1. The van der Waals surface area contributed by atoms with E-state index in [0.29, 0.717) is 6.42 Å². The normalized spacial score (nSPS) is 22.0. The Morgan fingerprint density at radius 1 is 1.03 bits per heavy atom. The molecule has 2 aliphatic heterocycles. The summed E-state index contributed by atoms with van der Waals surface area (Å²) in [6.07, 6.45) is 1.27. The Morgan fingerprint density at radius 3 is 2.34 bits per heavy atom. The Balaban J connectivity index is 1.30. The molecule has 0 aliphatic carbocycles. The number of amides is 1. The molecule has 0 saturated carbocycles. The monoisotopic (exact) mass is 429 g/mol. The maximum Gasteiger partial charge on any atom is 0.228 e. The van der Waals surface area contributed by atoms with Crippen molar-refractivity contribution in [1.29, 1.82) is 0 Å². The Hall–Kier alpha value is -2.32. The second kappa shape index (κ2) is 8.20. The number of aliphatic imine (C=N–C) groups is 1. The lowest BCUT2D eigenvalue weighted by Crippen LogP contribution is -2.14. The van der Waals surface area contributed by atoms with Crippen LogP contribution in [-0.4, -0.2) is 42.3 Å². The predicted molar refractivity (Wildman–Crippen MR) is 119 cm³/mol. The molecule has 2 aromatic carbocycles. The fraction of sp³-hybridized carbons (Fsp3) is 0.333. The van der Waals surface area contributed by atoms with Gasteiger partial charge in [0, 0.05) is 16.6 Å². The van der Waals surface area contributed by atoms with Crippen LogP contribution in [0.2, 0.25) is 0 Å². The second-order valence-corrected chi connectivity index (χ2v) is 10.7. The Morgan fingerprint density at radius 2 is 1.69 bits per heavy atom. The van der Waals surface area contributed by atoms with Crippen molar-refractivity contribution in [2.24, 2.45) is 4.99 Å². The summed E-state index contributed by atoms with van der Waals surface area (Å²) >= 11 is 1.49. The average Bonchev–Trinajstić information content (AvgIpc) is 3.16. The van der Waals surface area contributed by atoms with Crippen molar-refractivity contribution in [3.63, 3.8) is 0 Å². The molecule has 1 fully saturated rings. The van der Waals surface area contributed by atoms with Gasteiger partial charge in [0.05, 0.1) is 24.0 Å². The molecule has 2 heterocycles. The lowest BCUT2D eigenvalue weighted by atomic mass is 10.1. The lowest BCUT2D eigenvalue weighted by molar-refractivity contribution is -0.115. The highest BCUT2D eigenvalue weighted by molar-refractivity contribution is 8.15. The second-order valence-electron chi connectivity index (χ2n) is 7.33. The van der Waals surface area contributed by atoms with Gasteiger partial charge >= 0.3 is 0 Å². The molecule has 2 aliphatic rings. The maximum absolute atomic E-state index is 12.3. The van der Waals surface area contributed by atoms with E-state index in [4.69, 9.17) is 0 Å². The van der Waals surface area contributed by atoms with Gasteiger partial charge in [-0.15, -0.1) is 0 Å². The lowest BCUT2D eigenvalue weighted by Gasteiger charge is -2.09. The highest BCUT2D eigenvalue weighted by Gasteiger charge is 2.42. The molecule has 2 N–H and O–H groups in total. The van der Waals surface area contributed by atoms with Gasteiger partial charge in [0.25, 0.3) is 0 Å². The molecule has 0 aromatic heterocycles. The Labute approximate surface area is 175 Å². The number of sulfone groups is 1. The first-order valence-electron chi connectivity index (χ1n) is 9.60. The average molecular weight is 430 g/mol. The SMILES string of the molecule is CCc1ccc(NC(=O)Cc2ccc(NC3=N[C@@H]4CS(=O)(=O)C[C@@H]4S3)cc2)cc1. The topological polar surface area (TPSA) is 87.6 Å². The number of nitrogens with zero attached hydrogens (tertiary/aromatic N) is 1. The van der Waals surface area contributed by atoms with Gasteiger partial charge in [-0.1, -0.05) is 43.0 Å². The van der Waals surface area contributed by atoms with Gasteiger partial charge in [-0.2, -0.15) is 0 Å². The fourth-order valence-corrected chi connectivity index (χ4v) is 7.14. The van der Waals surface area contributed by atoms with Crippen molar-refractivity contribution in [1.82, 2.24) is 0 Å². The van der Waals surface area contributed by atoms with Crippen molar-refractivity contribution < 1.29 is 13.2 Å². The van der Waals surface area contributed by atoms with Crippen LogP contribution in [0, 0.1) is 0 Å². The van der Waals surface area contributed by atoms with Gasteiger partial charge in [0.15, 0.2) is 15.0 Å². The number of carbonyl (C=O) groups excluding carboxylic acids is 1. The fourth-order valence-electron chi connectivity index (χ4n) is 3.46. The van der Waals surface area contributed by atoms with Gasteiger partial charge < -0.3 is 10.6 Å². The van der Waals surface area contributed by atoms with E-state index >= 15 is 0 Å². The molecule has 4 rings (SSSR count). The maximum atomic E-state index is 12.3. The Kier molecular flexibility index (Phi) is 5.65. The highest BCUT2D eigenvalue weighted by Crippen LogP contribution is 2.34. The predicted octanol–water partition coefficient (Wildman–Crippen LogP) is 3.11. The van der Waals surface area contributed by atoms with E-state index in [0.717, 1.165) is 28.5 Å². The largest absolute Gasteiger partial charge is 0.335 e. The molecule has 0 radical (unpaired) electrons. The number of amidine groups is 1. The molecule has 2 aromatic rings. The first-order chi connectivity index (χ1) is 13.9. The van der Waals surface area contributed by atoms with Gasteiger partial charge in [-0.3, -0.25) is 9.79 Å². The van der Waals surface area contributed by atoms with Gasteiger partial charge in [0.1, 0.15) is 0 Å². The van der Waals surface area contributed by atoms with Crippen LogP contribution in [0.5, 0.6) is 0 Å². The number of fused-ring (bicyclic) bond motifs is 1. The van der Waals surface area contributed by atoms with Gasteiger partial charge in [-0.05, 0) is 41.8 Å². The molecular weight excluding hydrogens is 406 g/mol. The molecule has 6 nitrogen and oxygen atoms in total. The summed E-state index contributed by atoms with van der Waals surface area (Å²) in [4.78, 5) is 16.8. The number of benzene rings is 2. The quantitative estimate of drug-likeness (QED) is 0.763. The number of rotatable bonds is 5. The number of nitrogens with one attached hydrogen (secondary N) is 2. The first-order valence-corrected chi connectivity index (χ1v) is 12.3. The van der Waals surface area contributed by atoms with E-state index in [1.54, 1.807) is 0 Å². The summed E-state index contributed by atoms with van der Waals surface area (Å²) in [7, 11) is -2.94. The number of aryl methyl sites for hydroxylation is 1. The summed E-state index contributed by atoms with van der Waals surface area (Å²) in [5, 5.41) is 6.95. The molecule has 0 bridgehead atoms. The van der Waals surface area contributed by atoms with Crippen LogP contribution >= 0.6 is 11.8 Å². The van der Waals surface area contributed by atoms with Crippen LogP contribution in [0.4, 0.5) is 11.4 Å². The molecule has 1 saturated heterocycles. The minimum Gasteiger partial charge on any atom is -0.335 e. The summed E-state index contributed by atoms with van der Waals surface area (Å²) in [6.45, 7) is 2.10. The van der Waals surface area contributed by atoms with Crippen molar-refractivity contribution in [2.45, 2.75) is 31.1 Å². The molecule has 2 atom stereocenters. The smallest absolute Gasteiger partial charge is 0.228 e. The van der Waals surface area contributed by atoms with Crippen LogP contribution in [0.1, 0.15) is 18.1 Å². The van der Waals surface area contributed by atoms with Gasteiger partial charge in [0.2, 0.25) is 5.91 Å². The number of hydrogen-bond donors (Lipinski definition) is 2. The number of thioether (sulfide) groups is 1. The highest BCUT2D eigenvalue weighted by atomic mass is 32.2. The first kappa shape index (κ1) is 20.0. The van der Waals surface area contributed by atoms with E-state index < -0.39 is 9.84 Å². The third-order valence-corrected chi connectivity index (χ3v) is 8.18. The minimum absolute atomic E-state index is 0.0249. The molecule has 1 amide bonds. The van der Waals surface area contributed by atoms with E-state index in [-0.39, 0.29) is 28.7 Å². The van der Waals surface area contributed by atoms with Gasteiger partial charge in [-0.25, -0.2) is 8.42 Å². The summed E-state index contributed by atoms with van der Waals surface area (Å²) in [5.41, 5.74) is 3.83. The van der Waals surface area contributed by atoms with E-state index in [1.165, 1.54) is 17.3 Å². The van der Waals surface area contributed by atoms with Crippen LogP contribution in [0.15, 0.2) is 53.5 Å². The van der Waals surface area contributed by atoms with E-state index in [9.17, 15) is 13.2 Å². The van der Waals surface area contributed by atoms with Crippen molar-refractivity contribution in [3.8, 4) is 0 Å². The van der Waals surface area contributed by atoms with Crippen molar-refractivity contribution in [2.75, 3.05) is 22.1 Å². The third kappa shape index (κ3) is 5.00. The molecule has 29 heavy (non-hydrogen) atoms. The van der Waals surface area contributed by atoms with Crippen LogP contribution < -0.4 is 10.6 Å². The molecule has 152 valence electrons. The third-order valence-electron chi connectivity index (χ3n) is 5.03. The minimum atomic E-state index is -2.94. The number of anilines is 2. The molecule has 0 spiro atoms. The summed E-state index contributed by atoms with van der Waals surface area (Å²) < 4.78 is 23.3. The van der Waals surface area contributed by atoms with Crippen LogP contribution in [0.3, 0.4) is 0 Å². The Bertz CT molecular complexity index is 1030. The number of hydrogen-bond acceptors (Lipinski definition) is 6. The van der Waals surface area contributed by atoms with Crippen molar-refractivity contribution >= 4 is 44.0 Å². The zero-order valence-corrected chi connectivity index (χ0v) is 17.7. The van der Waals surface area contributed by atoms with E-state index in [1.807, 2.05) is 48.5 Å². The molecule has 0 unspecified atom stereocenters. The zero-order chi connectivity index (χ0) is 20.4.